The van der Waals surface area contributed by atoms with Crippen LogP contribution in [0, 0.1) is 0 Å². The van der Waals surface area contributed by atoms with Crippen LogP contribution in [0.3, 0.4) is 0 Å². The quantitative estimate of drug-likeness (QED) is 0.106. The SMILES string of the molecule is c1ccc(-c2ccc(-c3cccc(-n4c5ccccc5c5cc6oc7c(-c8nc(-c9ccccc9)nc(-c9ccc(-c%10ccccc%10)cc9)n8)cccc7c6cc54)c3)cc2)cc1.c1ccc(-c2ccc(-c3cccc(-n4c5ccccc5c5cc6oc7c(-c8nc(-c9ccccc9)nc(-c9cccc(-c%10ccccc%10)c9)n8)cccc7c6cc54)c3)cc2)cc1. The first kappa shape index (κ1) is 72.4. The van der Waals surface area contributed by atoms with Crippen LogP contribution >= 0.6 is 0 Å². The summed E-state index contributed by atoms with van der Waals surface area (Å²) in [4.78, 5) is 30.5. The van der Waals surface area contributed by atoms with Crippen molar-refractivity contribution in [3.8, 4) is 146 Å². The standard InChI is InChI=1S/2C57H36N4O/c1-4-15-37(16-5-1)39-29-31-40(32-30-39)43-22-13-24-45(34-43)61-51-28-11-10-25-46(51)49-36-53-50(35-52(49)61)47-26-14-27-48(54(47)62-53)57-59-55(41-19-8-3-9-20-41)58-56(60-57)44-23-12-21-42(33-44)38-17-6-2-7-18-38;1-4-14-37(15-5-1)39-26-28-41(29-27-39)44-20-12-21-45(34-44)61-51-25-11-10-22-46(51)49-36-53-50(35-52(49)61)47-23-13-24-48(54(47)62-53)57-59-55(42-18-8-3-9-19-42)58-56(60-57)43-32-30-40(31-33-43)38-16-6-2-7-17-38/h2*1-36H. The first-order chi connectivity index (χ1) is 61.4. The van der Waals surface area contributed by atoms with E-state index in [0.29, 0.717) is 34.9 Å². The number of rotatable bonds is 14. The number of hydrogen-bond donors (Lipinski definition) is 0. The van der Waals surface area contributed by atoms with Crippen molar-refractivity contribution in [2.24, 2.45) is 0 Å². The van der Waals surface area contributed by atoms with Gasteiger partial charge in [-0.3, -0.25) is 0 Å². The van der Waals surface area contributed by atoms with Gasteiger partial charge in [0.25, 0.3) is 0 Å². The van der Waals surface area contributed by atoms with E-state index in [4.69, 9.17) is 38.7 Å². The van der Waals surface area contributed by atoms with Gasteiger partial charge in [0.2, 0.25) is 0 Å². The first-order valence-electron chi connectivity index (χ1n) is 41.7. The Bertz CT molecular complexity index is 8170. The summed E-state index contributed by atoms with van der Waals surface area (Å²) in [5.74, 6) is 3.51. The van der Waals surface area contributed by atoms with Gasteiger partial charge in [0.15, 0.2) is 34.9 Å². The number of aromatic nitrogens is 8. The molecule has 0 N–H and O–H groups in total. The fourth-order valence-corrected chi connectivity index (χ4v) is 17.6. The van der Waals surface area contributed by atoms with E-state index in [-0.39, 0.29) is 0 Å². The molecule has 0 saturated carbocycles. The van der Waals surface area contributed by atoms with Crippen molar-refractivity contribution in [2.75, 3.05) is 0 Å². The van der Waals surface area contributed by atoms with Crippen LogP contribution in [0.2, 0.25) is 0 Å². The fourth-order valence-electron chi connectivity index (χ4n) is 17.6. The van der Waals surface area contributed by atoms with Crippen LogP contribution in [-0.2, 0) is 0 Å². The van der Waals surface area contributed by atoms with Gasteiger partial charge in [0, 0.05) is 76.7 Å². The minimum atomic E-state index is 0.553. The molecule has 24 rings (SSSR count). The minimum Gasteiger partial charge on any atom is -0.455 e. The largest absolute Gasteiger partial charge is 0.455 e. The number of hydrogen-bond acceptors (Lipinski definition) is 8. The average molecular weight is 1590 g/mol. The zero-order chi connectivity index (χ0) is 82.0. The molecule has 0 aliphatic rings. The summed E-state index contributed by atoms with van der Waals surface area (Å²) >= 11 is 0. The molecule has 0 amide bonds. The highest BCUT2D eigenvalue weighted by molar-refractivity contribution is 6.20. The third-order valence-corrected chi connectivity index (χ3v) is 23.7. The van der Waals surface area contributed by atoms with Gasteiger partial charge in [-0.25, -0.2) is 29.9 Å². The van der Waals surface area contributed by atoms with Crippen molar-refractivity contribution >= 4 is 87.5 Å². The summed E-state index contributed by atoms with van der Waals surface area (Å²) in [7, 11) is 0. The van der Waals surface area contributed by atoms with Crippen LogP contribution < -0.4 is 0 Å². The molecule has 10 nitrogen and oxygen atoms in total. The zero-order valence-corrected chi connectivity index (χ0v) is 67.0. The van der Waals surface area contributed by atoms with Crippen LogP contribution in [0.5, 0.6) is 0 Å². The summed E-state index contributed by atoms with van der Waals surface area (Å²) < 4.78 is 18.5. The minimum absolute atomic E-state index is 0.553. The number of fused-ring (bicyclic) bond motifs is 12. The van der Waals surface area contributed by atoms with Crippen molar-refractivity contribution in [1.82, 2.24) is 39.0 Å². The Morgan fingerprint density at radius 3 is 0.798 bits per heavy atom. The van der Waals surface area contributed by atoms with Gasteiger partial charge in [-0.15, -0.1) is 0 Å². The highest BCUT2D eigenvalue weighted by atomic mass is 16.3. The monoisotopic (exact) mass is 1580 g/mol. The highest BCUT2D eigenvalue weighted by Crippen LogP contribution is 2.45. The molecule has 0 bridgehead atoms. The summed E-state index contributed by atoms with van der Waals surface area (Å²) in [6.07, 6.45) is 0. The maximum absolute atomic E-state index is 6.89. The van der Waals surface area contributed by atoms with E-state index >= 15 is 0 Å². The molecule has 0 aliphatic carbocycles. The van der Waals surface area contributed by atoms with E-state index < -0.39 is 0 Å². The molecule has 0 unspecified atom stereocenters. The Hall–Kier alpha value is -16.8. The van der Waals surface area contributed by atoms with Crippen molar-refractivity contribution in [3.05, 3.63) is 437 Å². The molecular weight excluding hydrogens is 1510 g/mol. The average Bonchev–Trinajstić information content (AvgIpc) is 1.57. The van der Waals surface area contributed by atoms with Crippen molar-refractivity contribution in [1.29, 1.82) is 0 Å². The molecule has 24 aromatic rings. The van der Waals surface area contributed by atoms with Gasteiger partial charge in [-0.05, 0) is 146 Å². The van der Waals surface area contributed by atoms with Gasteiger partial charge in [-0.1, -0.05) is 358 Å². The Morgan fingerprint density at radius 1 is 0.153 bits per heavy atom. The van der Waals surface area contributed by atoms with Gasteiger partial charge in [0.1, 0.15) is 22.3 Å². The second-order valence-electron chi connectivity index (χ2n) is 31.2. The molecule has 124 heavy (non-hydrogen) atoms. The van der Waals surface area contributed by atoms with Gasteiger partial charge in [-0.2, -0.15) is 0 Å². The maximum Gasteiger partial charge on any atom is 0.167 e. The number of benzene rings is 18. The lowest BCUT2D eigenvalue weighted by Crippen LogP contribution is -2.00. The predicted octanol–water partition coefficient (Wildman–Crippen LogP) is 29.7. The number of nitrogens with zero attached hydrogens (tertiary/aromatic N) is 8. The molecule has 0 fully saturated rings. The molecule has 10 heteroatoms. The van der Waals surface area contributed by atoms with Gasteiger partial charge in [0.05, 0.1) is 33.2 Å². The maximum atomic E-state index is 6.89. The fraction of sp³-hybridized carbons (Fsp3) is 0. The lowest BCUT2D eigenvalue weighted by molar-refractivity contribution is 0.669. The zero-order valence-electron chi connectivity index (χ0n) is 67.0. The Kier molecular flexibility index (Phi) is 18.0. The Labute approximate surface area is 713 Å². The topological polar surface area (TPSA) is 113 Å². The number of para-hydroxylation sites is 4. The molecule has 0 saturated heterocycles. The predicted molar refractivity (Wildman–Crippen MR) is 508 cm³/mol. The summed E-state index contributed by atoms with van der Waals surface area (Å²) in [5, 5.41) is 8.62. The Morgan fingerprint density at radius 2 is 0.411 bits per heavy atom. The molecule has 18 aromatic carbocycles. The normalized spacial score (nSPS) is 11.5. The van der Waals surface area contributed by atoms with E-state index in [9.17, 15) is 0 Å². The molecule has 0 atom stereocenters. The van der Waals surface area contributed by atoms with Gasteiger partial charge < -0.3 is 18.0 Å². The lowest BCUT2D eigenvalue weighted by atomic mass is 10.00. The third-order valence-electron chi connectivity index (χ3n) is 23.7. The van der Waals surface area contributed by atoms with E-state index in [2.05, 4.69) is 361 Å². The summed E-state index contributed by atoms with van der Waals surface area (Å²) in [6, 6.07) is 153. The van der Waals surface area contributed by atoms with E-state index in [1.807, 2.05) is 84.9 Å². The van der Waals surface area contributed by atoms with E-state index in [0.717, 1.165) is 166 Å². The summed E-state index contributed by atoms with van der Waals surface area (Å²) in [6.45, 7) is 0. The van der Waals surface area contributed by atoms with Crippen LogP contribution in [-0.4, -0.2) is 39.0 Å². The smallest absolute Gasteiger partial charge is 0.167 e. The second-order valence-corrected chi connectivity index (χ2v) is 31.2. The van der Waals surface area contributed by atoms with Crippen molar-refractivity contribution < 1.29 is 8.83 Å². The van der Waals surface area contributed by atoms with Gasteiger partial charge >= 0.3 is 0 Å². The molecule has 6 heterocycles. The highest BCUT2D eigenvalue weighted by Gasteiger charge is 2.25. The van der Waals surface area contributed by atoms with Crippen LogP contribution in [0.4, 0.5) is 0 Å². The molecule has 0 aliphatic heterocycles. The molecule has 0 spiro atoms. The molecule has 580 valence electrons. The number of furan rings is 2. The Balaban J connectivity index is 0.000000143. The molecular formula is C114H72N8O2. The van der Waals surface area contributed by atoms with Crippen LogP contribution in [0.1, 0.15) is 0 Å². The van der Waals surface area contributed by atoms with Crippen LogP contribution in [0.15, 0.2) is 446 Å². The van der Waals surface area contributed by atoms with Crippen LogP contribution in [0.25, 0.3) is 234 Å². The molecule has 0 radical (unpaired) electrons. The first-order valence-corrected chi connectivity index (χ1v) is 41.7. The van der Waals surface area contributed by atoms with E-state index in [1.54, 1.807) is 0 Å². The second kappa shape index (κ2) is 30.8. The molecule has 6 aromatic heterocycles. The summed E-state index contributed by atoms with van der Waals surface area (Å²) in [5.41, 5.74) is 29.0. The van der Waals surface area contributed by atoms with E-state index in [1.165, 1.54) is 33.4 Å². The van der Waals surface area contributed by atoms with Crippen molar-refractivity contribution in [3.63, 3.8) is 0 Å². The third kappa shape index (κ3) is 13.3. The van der Waals surface area contributed by atoms with Crippen molar-refractivity contribution in [2.45, 2.75) is 0 Å². The lowest BCUT2D eigenvalue weighted by Gasteiger charge is -2.11.